The first kappa shape index (κ1) is 21.1. The quantitative estimate of drug-likeness (QED) is 0.403. The van der Waals surface area contributed by atoms with Crippen molar-refractivity contribution in [2.45, 2.75) is 52.7 Å². The van der Waals surface area contributed by atoms with Gasteiger partial charge in [-0.1, -0.05) is 67.4 Å². The van der Waals surface area contributed by atoms with Crippen molar-refractivity contribution in [3.8, 4) is 11.4 Å². The van der Waals surface area contributed by atoms with Crippen LogP contribution >= 0.6 is 15.9 Å². The number of hydrogen-bond acceptors (Lipinski definition) is 3. The molecule has 1 heterocycles. The number of fused-ring (bicyclic) bond motifs is 1. The fraction of sp³-hybridized carbons (Fsp3) is 0.440. The Kier molecular flexibility index (Phi) is 6.28. The maximum absolute atomic E-state index is 13.1. The van der Waals surface area contributed by atoms with E-state index in [9.17, 15) is 4.79 Å². The van der Waals surface area contributed by atoms with E-state index in [2.05, 4.69) is 36.7 Å². The monoisotopic (exact) mass is 468 g/mol. The first-order valence-corrected chi connectivity index (χ1v) is 11.6. The van der Waals surface area contributed by atoms with Crippen LogP contribution in [0.3, 0.4) is 0 Å². The van der Waals surface area contributed by atoms with Crippen LogP contribution < -0.4 is 0 Å². The number of para-hydroxylation sites is 2. The molecule has 0 amide bonds. The summed E-state index contributed by atoms with van der Waals surface area (Å²) in [6.45, 7) is 6.89. The molecule has 158 valence electrons. The first-order valence-electron chi connectivity index (χ1n) is 10.8. The highest BCUT2D eigenvalue weighted by Crippen LogP contribution is 2.35. The second-order valence-corrected chi connectivity index (χ2v) is 9.79. The average molecular weight is 469 g/mol. The van der Waals surface area contributed by atoms with E-state index in [0.717, 1.165) is 39.7 Å². The Bertz CT molecular complexity index is 1030. The molecule has 0 saturated heterocycles. The van der Waals surface area contributed by atoms with Crippen molar-refractivity contribution in [2.75, 3.05) is 0 Å². The number of imidazole rings is 1. The zero-order valence-corrected chi connectivity index (χ0v) is 19.4. The summed E-state index contributed by atoms with van der Waals surface area (Å²) in [6.07, 6.45) is 3.32. The van der Waals surface area contributed by atoms with Crippen LogP contribution in [0.1, 0.15) is 40.0 Å². The van der Waals surface area contributed by atoms with Crippen molar-refractivity contribution in [3.63, 3.8) is 0 Å². The molecule has 2 aromatic carbocycles. The third kappa shape index (κ3) is 4.46. The van der Waals surface area contributed by atoms with E-state index in [1.54, 1.807) is 0 Å². The molecule has 4 nitrogen and oxygen atoms in total. The Labute approximate surface area is 186 Å². The standard InChI is InChI=1S/C25H29BrN2O2/c1-16(2)20-13-8-17(3)14-23(20)30-24(29)15-28-22-7-5-4-6-21(22)27-25(28)18-9-11-19(26)12-10-18/h4-7,9-12,16-17,20,23H,8,13-15H2,1-3H3/t17?,20-,23+/m0/s1. The number of carbonyl (C=O) groups excluding carboxylic acids is 1. The van der Waals surface area contributed by atoms with Gasteiger partial charge in [-0.25, -0.2) is 4.98 Å². The Balaban J connectivity index is 1.62. The Morgan fingerprint density at radius 2 is 1.90 bits per heavy atom. The van der Waals surface area contributed by atoms with Gasteiger partial charge in [-0.2, -0.15) is 0 Å². The van der Waals surface area contributed by atoms with E-state index in [4.69, 9.17) is 9.72 Å². The molecule has 1 fully saturated rings. The second-order valence-electron chi connectivity index (χ2n) is 8.87. The lowest BCUT2D eigenvalue weighted by Crippen LogP contribution is -2.36. The number of benzene rings is 2. The molecule has 0 radical (unpaired) electrons. The van der Waals surface area contributed by atoms with Gasteiger partial charge in [-0.3, -0.25) is 4.79 Å². The molecule has 3 atom stereocenters. The van der Waals surface area contributed by atoms with Crippen molar-refractivity contribution in [1.82, 2.24) is 9.55 Å². The summed E-state index contributed by atoms with van der Waals surface area (Å²) in [5.41, 5.74) is 2.81. The van der Waals surface area contributed by atoms with Gasteiger partial charge in [0.1, 0.15) is 18.5 Å². The highest BCUT2D eigenvalue weighted by molar-refractivity contribution is 9.10. The molecule has 1 aliphatic carbocycles. The number of rotatable bonds is 5. The van der Waals surface area contributed by atoms with Gasteiger partial charge in [-0.05, 0) is 54.9 Å². The topological polar surface area (TPSA) is 44.1 Å². The minimum atomic E-state index is -0.179. The zero-order chi connectivity index (χ0) is 21.3. The number of nitrogens with zero attached hydrogens (tertiary/aromatic N) is 2. The second kappa shape index (κ2) is 8.93. The molecule has 1 aromatic heterocycles. The summed E-state index contributed by atoms with van der Waals surface area (Å²) < 4.78 is 9.07. The third-order valence-corrected chi connectivity index (χ3v) is 6.82. The van der Waals surface area contributed by atoms with Gasteiger partial charge in [-0.15, -0.1) is 0 Å². The summed E-state index contributed by atoms with van der Waals surface area (Å²) >= 11 is 3.49. The van der Waals surface area contributed by atoms with Crippen LogP contribution in [-0.2, 0) is 16.1 Å². The Morgan fingerprint density at radius 3 is 2.63 bits per heavy atom. The van der Waals surface area contributed by atoms with Crippen LogP contribution in [-0.4, -0.2) is 21.6 Å². The molecule has 1 saturated carbocycles. The predicted octanol–water partition coefficient (Wildman–Crippen LogP) is 6.47. The minimum absolute atomic E-state index is 0.00664. The number of aromatic nitrogens is 2. The van der Waals surface area contributed by atoms with E-state index < -0.39 is 0 Å². The number of carbonyl (C=O) groups is 1. The lowest BCUT2D eigenvalue weighted by molar-refractivity contribution is -0.156. The molecule has 1 unspecified atom stereocenters. The molecule has 0 N–H and O–H groups in total. The maximum Gasteiger partial charge on any atom is 0.326 e. The molecule has 30 heavy (non-hydrogen) atoms. The summed E-state index contributed by atoms with van der Waals surface area (Å²) in [5, 5.41) is 0. The van der Waals surface area contributed by atoms with Gasteiger partial charge < -0.3 is 9.30 Å². The number of halogens is 1. The van der Waals surface area contributed by atoms with Crippen molar-refractivity contribution in [2.24, 2.45) is 17.8 Å². The normalized spacial score (nSPS) is 21.8. The van der Waals surface area contributed by atoms with E-state index in [-0.39, 0.29) is 18.6 Å². The van der Waals surface area contributed by atoms with E-state index in [1.807, 2.05) is 53.1 Å². The largest absolute Gasteiger partial charge is 0.461 e. The summed E-state index contributed by atoms with van der Waals surface area (Å²) in [6, 6.07) is 16.0. The molecule has 1 aliphatic rings. The molecule has 3 aromatic rings. The van der Waals surface area contributed by atoms with Gasteiger partial charge in [0.15, 0.2) is 0 Å². The van der Waals surface area contributed by atoms with Crippen molar-refractivity contribution in [3.05, 3.63) is 53.0 Å². The third-order valence-electron chi connectivity index (χ3n) is 6.29. The first-order chi connectivity index (χ1) is 14.4. The fourth-order valence-electron chi connectivity index (χ4n) is 4.64. The molecule has 0 spiro atoms. The van der Waals surface area contributed by atoms with Gasteiger partial charge in [0.05, 0.1) is 11.0 Å². The van der Waals surface area contributed by atoms with Gasteiger partial charge in [0.2, 0.25) is 0 Å². The van der Waals surface area contributed by atoms with Crippen molar-refractivity contribution < 1.29 is 9.53 Å². The highest BCUT2D eigenvalue weighted by atomic mass is 79.9. The molecular weight excluding hydrogens is 440 g/mol. The van der Waals surface area contributed by atoms with Crippen LogP contribution in [0.4, 0.5) is 0 Å². The molecule has 5 heteroatoms. The van der Waals surface area contributed by atoms with Crippen molar-refractivity contribution >= 4 is 32.9 Å². The molecular formula is C25H29BrN2O2. The number of ether oxygens (including phenoxy) is 1. The lowest BCUT2D eigenvalue weighted by Gasteiger charge is -2.36. The summed E-state index contributed by atoms with van der Waals surface area (Å²) in [7, 11) is 0. The lowest BCUT2D eigenvalue weighted by atomic mass is 9.75. The van der Waals surface area contributed by atoms with Crippen molar-refractivity contribution in [1.29, 1.82) is 0 Å². The van der Waals surface area contributed by atoms with E-state index in [0.29, 0.717) is 17.8 Å². The Morgan fingerprint density at radius 1 is 1.17 bits per heavy atom. The smallest absolute Gasteiger partial charge is 0.326 e. The number of hydrogen-bond donors (Lipinski definition) is 0. The van der Waals surface area contributed by atoms with Crippen LogP contribution in [0.5, 0.6) is 0 Å². The average Bonchev–Trinajstić information content (AvgIpc) is 3.07. The highest BCUT2D eigenvalue weighted by Gasteiger charge is 2.33. The maximum atomic E-state index is 13.1. The predicted molar refractivity (Wildman–Crippen MR) is 124 cm³/mol. The summed E-state index contributed by atoms with van der Waals surface area (Å²) in [5.74, 6) is 2.17. The summed E-state index contributed by atoms with van der Waals surface area (Å²) in [4.78, 5) is 17.9. The van der Waals surface area contributed by atoms with Crippen LogP contribution in [0.2, 0.25) is 0 Å². The van der Waals surface area contributed by atoms with Gasteiger partial charge in [0, 0.05) is 10.0 Å². The zero-order valence-electron chi connectivity index (χ0n) is 17.8. The van der Waals surface area contributed by atoms with Crippen LogP contribution in [0.25, 0.3) is 22.4 Å². The Hall–Kier alpha value is -2.14. The van der Waals surface area contributed by atoms with E-state index >= 15 is 0 Å². The van der Waals surface area contributed by atoms with E-state index in [1.165, 1.54) is 6.42 Å². The van der Waals surface area contributed by atoms with Gasteiger partial charge >= 0.3 is 5.97 Å². The molecule has 0 aliphatic heterocycles. The van der Waals surface area contributed by atoms with Crippen LogP contribution in [0, 0.1) is 17.8 Å². The number of esters is 1. The SMILES string of the molecule is CC1CC[C@@H](C(C)C)[C@H](OC(=O)Cn2c(-c3ccc(Br)cc3)nc3ccccc32)C1. The molecule has 0 bridgehead atoms. The van der Waals surface area contributed by atoms with Gasteiger partial charge in [0.25, 0.3) is 0 Å². The minimum Gasteiger partial charge on any atom is -0.461 e. The van der Waals surface area contributed by atoms with Crippen LogP contribution in [0.15, 0.2) is 53.0 Å². The fourth-order valence-corrected chi connectivity index (χ4v) is 4.90. The molecule has 4 rings (SSSR count).